The van der Waals surface area contributed by atoms with Crippen LogP contribution in [0, 0.1) is 17.1 Å². The van der Waals surface area contributed by atoms with E-state index in [0.717, 1.165) is 18.4 Å². The molecule has 0 fully saturated rings. The van der Waals surface area contributed by atoms with Crippen LogP contribution in [0.1, 0.15) is 42.6 Å². The zero-order valence-electron chi connectivity index (χ0n) is 20.9. The fourth-order valence-electron chi connectivity index (χ4n) is 5.92. The Morgan fingerprint density at radius 2 is 2.03 bits per heavy atom. The molecule has 0 aromatic heterocycles. The fraction of sp³-hybridized carbons (Fsp3) is 0.226. The Balaban J connectivity index is 1.68. The molecule has 0 radical (unpaired) electrons. The van der Waals surface area contributed by atoms with E-state index in [9.17, 15) is 14.4 Å². The van der Waals surface area contributed by atoms with E-state index in [-0.39, 0.29) is 11.5 Å². The van der Waals surface area contributed by atoms with Gasteiger partial charge < -0.3 is 14.4 Å². The number of nitrogens with zero attached hydrogens (tertiary/aromatic N) is 2. The summed E-state index contributed by atoms with van der Waals surface area (Å²) >= 11 is 6.45. The number of rotatable bonds is 5. The van der Waals surface area contributed by atoms with Crippen molar-refractivity contribution in [3.63, 3.8) is 0 Å². The van der Waals surface area contributed by atoms with Crippen LogP contribution >= 0.6 is 11.6 Å². The van der Waals surface area contributed by atoms with E-state index in [1.54, 1.807) is 42.4 Å². The van der Waals surface area contributed by atoms with E-state index in [4.69, 9.17) is 21.1 Å². The highest BCUT2D eigenvalue weighted by molar-refractivity contribution is 6.31. The molecule has 2 atom stereocenters. The minimum absolute atomic E-state index is 0.239. The van der Waals surface area contributed by atoms with Gasteiger partial charge >= 0.3 is 0 Å². The quantitative estimate of drug-likeness (QED) is 0.362. The first kappa shape index (κ1) is 24.3. The second kappa shape index (κ2) is 9.04. The molecule has 3 aliphatic rings. The van der Waals surface area contributed by atoms with Gasteiger partial charge in [-0.1, -0.05) is 37.1 Å². The Hall–Kier alpha value is -4.08. The van der Waals surface area contributed by atoms with E-state index in [2.05, 4.69) is 6.07 Å². The first-order valence-electron chi connectivity index (χ1n) is 12.5. The van der Waals surface area contributed by atoms with Gasteiger partial charge in [-0.25, -0.2) is 4.39 Å². The van der Waals surface area contributed by atoms with Gasteiger partial charge in [0.1, 0.15) is 28.8 Å². The lowest BCUT2D eigenvalue weighted by Crippen LogP contribution is -2.42. The second-order valence-electron chi connectivity index (χ2n) is 9.64. The Kier molecular flexibility index (Phi) is 5.77. The van der Waals surface area contributed by atoms with Gasteiger partial charge in [0.15, 0.2) is 0 Å². The van der Waals surface area contributed by atoms with Crippen molar-refractivity contribution in [2.75, 3.05) is 18.6 Å². The smallest absolute Gasteiger partial charge is 0.247 e. The normalized spacial score (nSPS) is 21.0. The number of halogens is 2. The maximum atomic E-state index is 14.8. The van der Waals surface area contributed by atoms with Crippen molar-refractivity contribution < 1.29 is 18.7 Å². The van der Waals surface area contributed by atoms with Crippen molar-refractivity contribution in [1.29, 1.82) is 5.26 Å². The number of methoxy groups -OCH3 is 1. The van der Waals surface area contributed by atoms with E-state index in [1.807, 2.05) is 31.2 Å². The molecule has 2 heterocycles. The van der Waals surface area contributed by atoms with Crippen molar-refractivity contribution in [2.24, 2.45) is 0 Å². The molecular formula is C31H24ClFN2O3. The number of hydrogen-bond donors (Lipinski definition) is 0. The van der Waals surface area contributed by atoms with Gasteiger partial charge in [-0.15, -0.1) is 0 Å². The molecule has 5 nitrogen and oxygen atoms in total. The first-order valence-corrected chi connectivity index (χ1v) is 12.9. The van der Waals surface area contributed by atoms with E-state index >= 15 is 0 Å². The Morgan fingerprint density at radius 1 is 1.18 bits per heavy atom. The molecule has 1 aliphatic carbocycles. The van der Waals surface area contributed by atoms with Crippen LogP contribution in [0.4, 0.5) is 10.1 Å². The lowest BCUT2D eigenvalue weighted by atomic mass is 9.69. The van der Waals surface area contributed by atoms with Crippen molar-refractivity contribution in [3.8, 4) is 17.6 Å². The summed E-state index contributed by atoms with van der Waals surface area (Å²) in [5.41, 5.74) is 2.52. The monoisotopic (exact) mass is 526 g/mol. The average molecular weight is 527 g/mol. The van der Waals surface area contributed by atoms with Gasteiger partial charge in [0.2, 0.25) is 5.91 Å². The van der Waals surface area contributed by atoms with Gasteiger partial charge in [0.25, 0.3) is 0 Å². The third-order valence-corrected chi connectivity index (χ3v) is 7.81. The summed E-state index contributed by atoms with van der Waals surface area (Å²) in [6.07, 6.45) is 2.77. The summed E-state index contributed by atoms with van der Waals surface area (Å²) in [5.74, 6) is 0.456. The van der Waals surface area contributed by atoms with Gasteiger partial charge in [0, 0.05) is 39.5 Å². The number of anilines is 1. The largest absolute Gasteiger partial charge is 0.497 e. The van der Waals surface area contributed by atoms with Crippen LogP contribution < -0.4 is 14.4 Å². The van der Waals surface area contributed by atoms with E-state index in [0.29, 0.717) is 51.0 Å². The summed E-state index contributed by atoms with van der Waals surface area (Å²) in [6.45, 7) is 2.52. The molecule has 3 aromatic rings. The van der Waals surface area contributed by atoms with Gasteiger partial charge in [-0.2, -0.15) is 5.26 Å². The first-order chi connectivity index (χ1) is 18.4. The van der Waals surface area contributed by atoms with Gasteiger partial charge in [-0.3, -0.25) is 4.79 Å². The van der Waals surface area contributed by atoms with Crippen LogP contribution in [0.15, 0.2) is 77.9 Å². The third-order valence-electron chi connectivity index (χ3n) is 7.58. The molecule has 38 heavy (non-hydrogen) atoms. The van der Waals surface area contributed by atoms with Crippen molar-refractivity contribution in [3.05, 3.63) is 105 Å². The van der Waals surface area contributed by atoms with E-state index in [1.165, 1.54) is 12.1 Å². The molecule has 2 unspecified atom stereocenters. The highest BCUT2D eigenvalue weighted by Crippen LogP contribution is 2.62. The van der Waals surface area contributed by atoms with Gasteiger partial charge in [0.05, 0.1) is 18.8 Å². The maximum Gasteiger partial charge on any atom is 0.247 e. The zero-order chi connectivity index (χ0) is 26.6. The molecule has 7 heteroatoms. The predicted molar refractivity (Wildman–Crippen MR) is 144 cm³/mol. The van der Waals surface area contributed by atoms with Crippen LogP contribution in [0.3, 0.4) is 0 Å². The number of carbonyl (C=O) groups excluding carboxylic acids is 1. The van der Waals surface area contributed by atoms with Crippen LogP contribution in [0.2, 0.25) is 5.02 Å². The lowest BCUT2D eigenvalue weighted by molar-refractivity contribution is -0.120. The Labute approximate surface area is 225 Å². The summed E-state index contributed by atoms with van der Waals surface area (Å²) in [7, 11) is 1.59. The molecule has 190 valence electrons. The molecule has 2 aliphatic heterocycles. The summed E-state index contributed by atoms with van der Waals surface area (Å²) in [6, 6.07) is 19.4. The number of benzene rings is 3. The molecule has 6 rings (SSSR count). The number of nitriles is 1. The van der Waals surface area contributed by atoms with Crippen molar-refractivity contribution in [1.82, 2.24) is 0 Å². The molecule has 1 amide bonds. The number of ether oxygens (including phenoxy) is 2. The Bertz CT molecular complexity index is 1600. The minimum atomic E-state index is -1.50. The number of amides is 1. The third kappa shape index (κ3) is 3.32. The van der Waals surface area contributed by atoms with Crippen LogP contribution in [-0.4, -0.2) is 19.6 Å². The SMILES string of the molecule is CCCCN1C(=O)C2(C(C#N)=CC3=C2c2cc(Cl)ccc2OC3c2cccc(OC)c2)c2cc(F)ccc21. The predicted octanol–water partition coefficient (Wildman–Crippen LogP) is 6.92. The zero-order valence-corrected chi connectivity index (χ0v) is 21.7. The average Bonchev–Trinajstić information content (AvgIpc) is 3.40. The summed E-state index contributed by atoms with van der Waals surface area (Å²) in [5, 5.41) is 10.9. The molecular weight excluding hydrogens is 503 g/mol. The number of carbonyl (C=O) groups is 1. The number of unbranched alkanes of at least 4 members (excludes halogenated alkanes) is 1. The van der Waals surface area contributed by atoms with Crippen LogP contribution in [0.5, 0.6) is 11.5 Å². The number of hydrogen-bond acceptors (Lipinski definition) is 4. The molecule has 0 N–H and O–H groups in total. The highest BCUT2D eigenvalue weighted by Gasteiger charge is 2.61. The van der Waals surface area contributed by atoms with Crippen molar-refractivity contribution >= 4 is 28.8 Å². The standard InChI is InChI=1S/C31H24ClFN2O3/c1-3-4-12-35-26-10-9-21(33)16-25(26)31(30(35)36)19(17-34)14-24-28(31)23-15-20(32)8-11-27(23)38-29(24)18-6-5-7-22(13-18)37-2/h5-11,13-16,29H,3-4,12H2,1-2H3. The van der Waals surface area contributed by atoms with Crippen molar-refractivity contribution in [2.45, 2.75) is 31.3 Å². The summed E-state index contributed by atoms with van der Waals surface area (Å²) in [4.78, 5) is 16.2. The number of fused-ring (bicyclic) bond motifs is 5. The molecule has 0 saturated heterocycles. The maximum absolute atomic E-state index is 14.8. The molecule has 0 bridgehead atoms. The van der Waals surface area contributed by atoms with Crippen LogP contribution in [0.25, 0.3) is 5.57 Å². The van der Waals surface area contributed by atoms with Gasteiger partial charge in [-0.05, 0) is 66.6 Å². The highest BCUT2D eigenvalue weighted by atomic mass is 35.5. The Morgan fingerprint density at radius 3 is 2.79 bits per heavy atom. The van der Waals surface area contributed by atoms with E-state index < -0.39 is 17.3 Å². The molecule has 0 saturated carbocycles. The minimum Gasteiger partial charge on any atom is -0.497 e. The molecule has 1 spiro atoms. The lowest BCUT2D eigenvalue weighted by Gasteiger charge is -2.35. The summed E-state index contributed by atoms with van der Waals surface area (Å²) < 4.78 is 26.8. The topological polar surface area (TPSA) is 62.6 Å². The van der Waals surface area contributed by atoms with Crippen LogP contribution in [-0.2, 0) is 10.2 Å². The molecule has 3 aromatic carbocycles. The second-order valence-corrected chi connectivity index (χ2v) is 10.1. The fourth-order valence-corrected chi connectivity index (χ4v) is 6.09.